The number of hydrogen-bond acceptors (Lipinski definition) is 5. The van der Waals surface area contributed by atoms with Crippen LogP contribution >= 0.6 is 0 Å². The second-order valence-corrected chi connectivity index (χ2v) is 5.59. The molecule has 7 nitrogen and oxygen atoms in total. The standard InChI is InChI=1S/C16H19N5O2/c1-11-13(12(2)22)10-18-16(19-11)21-8-6-20(7-9-21)15(23)14-4-3-5-17-14/h3-5,10,17H,6-9H2,1-2H3. The minimum absolute atomic E-state index is 0.0127. The van der Waals surface area contributed by atoms with E-state index in [1.807, 2.05) is 22.8 Å². The molecular weight excluding hydrogens is 294 g/mol. The lowest BCUT2D eigenvalue weighted by Crippen LogP contribution is -2.49. The molecule has 23 heavy (non-hydrogen) atoms. The second kappa shape index (κ2) is 6.20. The lowest BCUT2D eigenvalue weighted by molar-refractivity contribution is 0.0740. The summed E-state index contributed by atoms with van der Waals surface area (Å²) in [5.41, 5.74) is 1.85. The van der Waals surface area contributed by atoms with E-state index >= 15 is 0 Å². The van der Waals surface area contributed by atoms with Gasteiger partial charge in [0.1, 0.15) is 5.69 Å². The summed E-state index contributed by atoms with van der Waals surface area (Å²) in [5, 5.41) is 0. The molecule has 0 saturated carbocycles. The number of amides is 1. The van der Waals surface area contributed by atoms with E-state index in [0.29, 0.717) is 49.1 Å². The Hall–Kier alpha value is -2.70. The summed E-state index contributed by atoms with van der Waals surface area (Å²) in [5.74, 6) is 0.591. The van der Waals surface area contributed by atoms with Gasteiger partial charge in [-0.25, -0.2) is 9.97 Å². The van der Waals surface area contributed by atoms with Crippen LogP contribution in [0.3, 0.4) is 0 Å². The van der Waals surface area contributed by atoms with Gasteiger partial charge < -0.3 is 14.8 Å². The number of piperazine rings is 1. The molecule has 0 aliphatic carbocycles. The number of hydrogen-bond donors (Lipinski definition) is 1. The summed E-state index contributed by atoms with van der Waals surface area (Å²) < 4.78 is 0. The van der Waals surface area contributed by atoms with Crippen molar-refractivity contribution >= 4 is 17.6 Å². The van der Waals surface area contributed by atoms with Crippen LogP contribution in [0.1, 0.15) is 33.5 Å². The Labute approximate surface area is 134 Å². The molecule has 1 N–H and O–H groups in total. The number of ketones is 1. The van der Waals surface area contributed by atoms with Gasteiger partial charge in [0.25, 0.3) is 5.91 Å². The normalized spacial score (nSPS) is 14.9. The lowest BCUT2D eigenvalue weighted by atomic mass is 10.2. The van der Waals surface area contributed by atoms with Crippen molar-refractivity contribution in [2.45, 2.75) is 13.8 Å². The average molecular weight is 313 g/mol. The van der Waals surface area contributed by atoms with Crippen molar-refractivity contribution in [2.24, 2.45) is 0 Å². The van der Waals surface area contributed by atoms with E-state index in [0.717, 1.165) is 0 Å². The summed E-state index contributed by atoms with van der Waals surface area (Å²) in [4.78, 5) is 39.2. The van der Waals surface area contributed by atoms with E-state index in [9.17, 15) is 9.59 Å². The average Bonchev–Trinajstić information content (AvgIpc) is 3.08. The molecule has 1 amide bonds. The minimum atomic E-state index is -0.0320. The minimum Gasteiger partial charge on any atom is -0.357 e. The summed E-state index contributed by atoms with van der Waals surface area (Å²) in [6.07, 6.45) is 3.33. The van der Waals surface area contributed by atoms with Crippen molar-refractivity contribution in [3.63, 3.8) is 0 Å². The number of Topliss-reactive ketones (excluding diaryl/α,β-unsaturated/α-hetero) is 1. The second-order valence-electron chi connectivity index (χ2n) is 5.59. The summed E-state index contributed by atoms with van der Waals surface area (Å²) >= 11 is 0. The van der Waals surface area contributed by atoms with E-state index in [4.69, 9.17) is 0 Å². The Morgan fingerprint density at radius 3 is 2.52 bits per heavy atom. The first kappa shape index (κ1) is 15.2. The molecule has 3 rings (SSSR count). The highest BCUT2D eigenvalue weighted by Crippen LogP contribution is 2.15. The Morgan fingerprint density at radius 2 is 1.96 bits per heavy atom. The van der Waals surface area contributed by atoms with Crippen molar-refractivity contribution in [1.29, 1.82) is 0 Å². The highest BCUT2D eigenvalue weighted by molar-refractivity contribution is 5.94. The van der Waals surface area contributed by atoms with Gasteiger partial charge in [0.05, 0.1) is 11.3 Å². The van der Waals surface area contributed by atoms with Gasteiger partial charge in [-0.05, 0) is 26.0 Å². The fraction of sp³-hybridized carbons (Fsp3) is 0.375. The number of aromatic amines is 1. The summed E-state index contributed by atoms with van der Waals surface area (Å²) in [6, 6.07) is 3.60. The third-order valence-corrected chi connectivity index (χ3v) is 4.02. The third kappa shape index (κ3) is 3.08. The number of nitrogens with one attached hydrogen (secondary N) is 1. The molecule has 1 saturated heterocycles. The zero-order valence-electron chi connectivity index (χ0n) is 13.2. The van der Waals surface area contributed by atoms with Crippen molar-refractivity contribution < 1.29 is 9.59 Å². The Kier molecular flexibility index (Phi) is 4.10. The van der Waals surface area contributed by atoms with Gasteiger partial charge in [-0.15, -0.1) is 0 Å². The van der Waals surface area contributed by atoms with Gasteiger partial charge in [0.2, 0.25) is 5.95 Å². The zero-order valence-corrected chi connectivity index (χ0v) is 13.2. The molecule has 3 heterocycles. The molecule has 1 aliphatic heterocycles. The number of nitrogens with zero attached hydrogens (tertiary/aromatic N) is 4. The maximum atomic E-state index is 12.3. The first-order valence-corrected chi connectivity index (χ1v) is 7.58. The molecule has 1 aliphatic rings. The van der Waals surface area contributed by atoms with Gasteiger partial charge in [-0.1, -0.05) is 0 Å². The van der Waals surface area contributed by atoms with Crippen molar-refractivity contribution in [2.75, 3.05) is 31.1 Å². The third-order valence-electron chi connectivity index (χ3n) is 4.02. The Bertz CT molecular complexity index is 718. The monoisotopic (exact) mass is 313 g/mol. The van der Waals surface area contributed by atoms with Crippen LogP contribution in [0.5, 0.6) is 0 Å². The molecular formula is C16H19N5O2. The van der Waals surface area contributed by atoms with E-state index in [-0.39, 0.29) is 11.7 Å². The summed E-state index contributed by atoms with van der Waals surface area (Å²) in [6.45, 7) is 5.91. The number of carbonyl (C=O) groups is 2. The predicted octanol–water partition coefficient (Wildman–Crippen LogP) is 1.28. The fourth-order valence-electron chi connectivity index (χ4n) is 2.70. The molecule has 7 heteroatoms. The number of H-pyrrole nitrogens is 1. The largest absolute Gasteiger partial charge is 0.357 e. The van der Waals surface area contributed by atoms with Gasteiger partial charge in [0.15, 0.2) is 5.78 Å². The van der Waals surface area contributed by atoms with Crippen LogP contribution in [0.15, 0.2) is 24.5 Å². The van der Waals surface area contributed by atoms with E-state index in [1.54, 1.807) is 18.5 Å². The molecule has 0 radical (unpaired) electrons. The highest BCUT2D eigenvalue weighted by atomic mass is 16.2. The van der Waals surface area contributed by atoms with Crippen LogP contribution in [-0.4, -0.2) is 57.7 Å². The van der Waals surface area contributed by atoms with Gasteiger partial charge in [0, 0.05) is 38.6 Å². The topological polar surface area (TPSA) is 82.2 Å². The van der Waals surface area contributed by atoms with E-state index < -0.39 is 0 Å². The quantitative estimate of drug-likeness (QED) is 0.863. The SMILES string of the molecule is CC(=O)c1cnc(N2CCN(C(=O)c3ccc[nH]3)CC2)nc1C. The van der Waals surface area contributed by atoms with Gasteiger partial charge >= 0.3 is 0 Å². The number of carbonyl (C=O) groups excluding carboxylic acids is 2. The summed E-state index contributed by atoms with van der Waals surface area (Å²) in [7, 11) is 0. The first-order chi connectivity index (χ1) is 11.1. The Morgan fingerprint density at radius 1 is 1.22 bits per heavy atom. The lowest BCUT2D eigenvalue weighted by Gasteiger charge is -2.34. The Balaban J connectivity index is 1.66. The van der Waals surface area contributed by atoms with Crippen LogP contribution in [0.4, 0.5) is 5.95 Å². The predicted molar refractivity (Wildman–Crippen MR) is 85.7 cm³/mol. The van der Waals surface area contributed by atoms with Crippen molar-refractivity contribution in [3.05, 3.63) is 41.5 Å². The molecule has 1 fully saturated rings. The van der Waals surface area contributed by atoms with Gasteiger partial charge in [-0.3, -0.25) is 9.59 Å². The molecule has 0 bridgehead atoms. The number of aryl methyl sites for hydroxylation is 1. The van der Waals surface area contributed by atoms with Crippen molar-refractivity contribution in [3.8, 4) is 0 Å². The maximum absolute atomic E-state index is 12.3. The van der Waals surface area contributed by atoms with Crippen LogP contribution < -0.4 is 4.90 Å². The van der Waals surface area contributed by atoms with Crippen LogP contribution in [-0.2, 0) is 0 Å². The fourth-order valence-corrected chi connectivity index (χ4v) is 2.70. The molecule has 2 aromatic rings. The molecule has 0 unspecified atom stereocenters. The molecule has 0 atom stereocenters. The molecule has 120 valence electrons. The highest BCUT2D eigenvalue weighted by Gasteiger charge is 2.24. The number of aromatic nitrogens is 3. The smallest absolute Gasteiger partial charge is 0.270 e. The van der Waals surface area contributed by atoms with E-state index in [2.05, 4.69) is 15.0 Å². The van der Waals surface area contributed by atoms with Crippen molar-refractivity contribution in [1.82, 2.24) is 19.9 Å². The molecule has 0 spiro atoms. The van der Waals surface area contributed by atoms with Gasteiger partial charge in [-0.2, -0.15) is 0 Å². The first-order valence-electron chi connectivity index (χ1n) is 7.58. The van der Waals surface area contributed by atoms with Crippen LogP contribution in [0.2, 0.25) is 0 Å². The van der Waals surface area contributed by atoms with Crippen LogP contribution in [0, 0.1) is 6.92 Å². The number of anilines is 1. The zero-order chi connectivity index (χ0) is 16.4. The maximum Gasteiger partial charge on any atom is 0.270 e. The van der Waals surface area contributed by atoms with E-state index in [1.165, 1.54) is 6.92 Å². The molecule has 2 aromatic heterocycles. The molecule has 0 aromatic carbocycles. The number of rotatable bonds is 3. The van der Waals surface area contributed by atoms with Crippen LogP contribution in [0.25, 0.3) is 0 Å².